The van der Waals surface area contributed by atoms with Crippen molar-refractivity contribution in [3.05, 3.63) is 58.6 Å². The van der Waals surface area contributed by atoms with Gasteiger partial charge in [-0.1, -0.05) is 29.8 Å². The highest BCUT2D eigenvalue weighted by Gasteiger charge is 2.38. The molecule has 0 amide bonds. The first-order valence-corrected chi connectivity index (χ1v) is 7.95. The maximum absolute atomic E-state index is 13.1. The van der Waals surface area contributed by atoms with Gasteiger partial charge in [-0.05, 0) is 32.0 Å². The van der Waals surface area contributed by atoms with Crippen molar-refractivity contribution in [3.63, 3.8) is 0 Å². The standard InChI is InChI=1S/C19H19ClO3/c1-19(2)11-15(18(21)14-6-4-5-7-16(14)20)13-9-8-12(22-3)10-17(13)23-19/h4-10,15H,11H2,1-3H3. The Morgan fingerprint density at radius 3 is 2.70 bits per heavy atom. The number of benzene rings is 2. The predicted octanol–water partition coefficient (Wildman–Crippen LogP) is 4.88. The van der Waals surface area contributed by atoms with E-state index in [1.54, 1.807) is 19.2 Å². The smallest absolute Gasteiger partial charge is 0.172 e. The van der Waals surface area contributed by atoms with E-state index in [4.69, 9.17) is 21.1 Å². The number of rotatable bonds is 3. The van der Waals surface area contributed by atoms with Crippen molar-refractivity contribution >= 4 is 17.4 Å². The Hall–Kier alpha value is -2.00. The molecule has 0 radical (unpaired) electrons. The van der Waals surface area contributed by atoms with Crippen LogP contribution in [0.1, 0.15) is 42.1 Å². The monoisotopic (exact) mass is 330 g/mol. The van der Waals surface area contributed by atoms with E-state index in [1.807, 2.05) is 44.2 Å². The zero-order chi connectivity index (χ0) is 16.6. The minimum atomic E-state index is -0.430. The lowest BCUT2D eigenvalue weighted by Gasteiger charge is -2.37. The number of ketones is 1. The number of fused-ring (bicyclic) bond motifs is 1. The summed E-state index contributed by atoms with van der Waals surface area (Å²) in [6, 6.07) is 12.8. The summed E-state index contributed by atoms with van der Waals surface area (Å²) >= 11 is 6.21. The molecule has 120 valence electrons. The number of Topliss-reactive ketones (excluding diaryl/α,β-unsaturated/α-hetero) is 1. The van der Waals surface area contributed by atoms with Crippen LogP contribution in [0.5, 0.6) is 11.5 Å². The number of methoxy groups -OCH3 is 1. The third-order valence-corrected chi connectivity index (χ3v) is 4.46. The summed E-state index contributed by atoms with van der Waals surface area (Å²) in [6.07, 6.45) is 0.608. The first-order chi connectivity index (χ1) is 10.9. The molecule has 0 aliphatic carbocycles. The maximum Gasteiger partial charge on any atom is 0.172 e. The zero-order valence-electron chi connectivity index (χ0n) is 13.4. The number of hydrogen-bond acceptors (Lipinski definition) is 3. The van der Waals surface area contributed by atoms with Gasteiger partial charge in [0.15, 0.2) is 5.78 Å². The fourth-order valence-corrected chi connectivity index (χ4v) is 3.27. The molecule has 0 saturated heterocycles. The first-order valence-electron chi connectivity index (χ1n) is 7.57. The molecular formula is C19H19ClO3. The molecule has 0 bridgehead atoms. The van der Waals surface area contributed by atoms with Crippen molar-refractivity contribution in [2.75, 3.05) is 7.11 Å². The zero-order valence-corrected chi connectivity index (χ0v) is 14.2. The first kappa shape index (κ1) is 15.9. The van der Waals surface area contributed by atoms with Crippen LogP contribution in [-0.4, -0.2) is 18.5 Å². The van der Waals surface area contributed by atoms with Crippen LogP contribution in [0, 0.1) is 0 Å². The highest BCUT2D eigenvalue weighted by atomic mass is 35.5. The van der Waals surface area contributed by atoms with Crippen LogP contribution >= 0.6 is 11.6 Å². The summed E-state index contributed by atoms with van der Waals surface area (Å²) in [6.45, 7) is 3.98. The molecule has 1 atom stereocenters. The highest BCUT2D eigenvalue weighted by molar-refractivity contribution is 6.34. The van der Waals surface area contributed by atoms with Crippen LogP contribution in [-0.2, 0) is 0 Å². The van der Waals surface area contributed by atoms with Crippen molar-refractivity contribution < 1.29 is 14.3 Å². The minimum absolute atomic E-state index is 0.0263. The van der Waals surface area contributed by atoms with E-state index in [0.29, 0.717) is 28.5 Å². The molecule has 0 N–H and O–H groups in total. The van der Waals surface area contributed by atoms with Crippen molar-refractivity contribution in [1.29, 1.82) is 0 Å². The van der Waals surface area contributed by atoms with Crippen LogP contribution in [0.2, 0.25) is 5.02 Å². The van der Waals surface area contributed by atoms with Gasteiger partial charge in [0, 0.05) is 23.6 Å². The molecule has 0 fully saturated rings. The number of carbonyl (C=O) groups excluding carboxylic acids is 1. The number of carbonyl (C=O) groups is 1. The van der Waals surface area contributed by atoms with Gasteiger partial charge in [0.2, 0.25) is 0 Å². The lowest BCUT2D eigenvalue weighted by Crippen LogP contribution is -2.37. The van der Waals surface area contributed by atoms with Crippen LogP contribution in [0.25, 0.3) is 0 Å². The van der Waals surface area contributed by atoms with Gasteiger partial charge in [0.25, 0.3) is 0 Å². The number of ether oxygens (including phenoxy) is 2. The van der Waals surface area contributed by atoms with Crippen LogP contribution in [0.3, 0.4) is 0 Å². The van der Waals surface area contributed by atoms with Gasteiger partial charge in [0.05, 0.1) is 18.1 Å². The van der Waals surface area contributed by atoms with E-state index in [2.05, 4.69) is 0 Å². The highest BCUT2D eigenvalue weighted by Crippen LogP contribution is 2.44. The molecule has 1 unspecified atom stereocenters. The molecule has 2 aromatic rings. The molecular weight excluding hydrogens is 312 g/mol. The molecule has 0 spiro atoms. The average Bonchev–Trinajstić information content (AvgIpc) is 2.52. The van der Waals surface area contributed by atoms with Gasteiger partial charge >= 0.3 is 0 Å². The van der Waals surface area contributed by atoms with Crippen LogP contribution in [0.15, 0.2) is 42.5 Å². The normalized spacial score (nSPS) is 18.7. The molecule has 0 aromatic heterocycles. The van der Waals surface area contributed by atoms with Crippen LogP contribution < -0.4 is 9.47 Å². The van der Waals surface area contributed by atoms with E-state index in [1.165, 1.54) is 0 Å². The summed E-state index contributed by atoms with van der Waals surface area (Å²) in [5.74, 6) is 1.16. The second-order valence-corrected chi connectivity index (χ2v) is 6.77. The summed E-state index contributed by atoms with van der Waals surface area (Å²) < 4.78 is 11.3. The Balaban J connectivity index is 2.06. The SMILES string of the molecule is COc1ccc2c(c1)OC(C)(C)CC2C(=O)c1ccccc1Cl. The van der Waals surface area contributed by atoms with Gasteiger partial charge in [-0.25, -0.2) is 0 Å². The Morgan fingerprint density at radius 2 is 2.00 bits per heavy atom. The second kappa shape index (κ2) is 5.89. The lowest BCUT2D eigenvalue weighted by atomic mass is 9.80. The Labute approximate surface area is 141 Å². The fraction of sp³-hybridized carbons (Fsp3) is 0.316. The molecule has 1 aliphatic rings. The maximum atomic E-state index is 13.1. The average molecular weight is 331 g/mol. The van der Waals surface area contributed by atoms with Crippen molar-refractivity contribution in [2.45, 2.75) is 31.8 Å². The van der Waals surface area contributed by atoms with E-state index >= 15 is 0 Å². The van der Waals surface area contributed by atoms with Crippen molar-refractivity contribution in [3.8, 4) is 11.5 Å². The van der Waals surface area contributed by atoms with Gasteiger partial charge in [-0.3, -0.25) is 4.79 Å². The van der Waals surface area contributed by atoms with E-state index in [0.717, 1.165) is 5.56 Å². The summed E-state index contributed by atoms with van der Waals surface area (Å²) in [7, 11) is 1.61. The van der Waals surface area contributed by atoms with Crippen LogP contribution in [0.4, 0.5) is 0 Å². The second-order valence-electron chi connectivity index (χ2n) is 6.37. The van der Waals surface area contributed by atoms with E-state index < -0.39 is 5.60 Å². The molecule has 1 aliphatic heterocycles. The summed E-state index contributed by atoms with van der Waals surface area (Å²) in [4.78, 5) is 13.1. The molecule has 4 heteroatoms. The molecule has 1 heterocycles. The fourth-order valence-electron chi connectivity index (χ4n) is 3.04. The molecule has 23 heavy (non-hydrogen) atoms. The number of halogens is 1. The molecule has 3 rings (SSSR count). The number of hydrogen-bond donors (Lipinski definition) is 0. The van der Waals surface area contributed by atoms with Crippen molar-refractivity contribution in [1.82, 2.24) is 0 Å². The largest absolute Gasteiger partial charge is 0.497 e. The lowest BCUT2D eigenvalue weighted by molar-refractivity contribution is 0.0616. The predicted molar refractivity (Wildman–Crippen MR) is 90.8 cm³/mol. The molecule has 3 nitrogen and oxygen atoms in total. The van der Waals surface area contributed by atoms with Gasteiger partial charge < -0.3 is 9.47 Å². The Kier molecular flexibility index (Phi) is 4.07. The molecule has 2 aromatic carbocycles. The quantitative estimate of drug-likeness (QED) is 0.753. The third-order valence-electron chi connectivity index (χ3n) is 4.13. The molecule has 0 saturated carbocycles. The topological polar surface area (TPSA) is 35.5 Å². The van der Waals surface area contributed by atoms with Gasteiger partial charge in [-0.2, -0.15) is 0 Å². The Bertz CT molecular complexity index is 752. The Morgan fingerprint density at radius 1 is 1.26 bits per heavy atom. The van der Waals surface area contributed by atoms with E-state index in [-0.39, 0.29) is 11.7 Å². The van der Waals surface area contributed by atoms with Gasteiger partial charge in [0.1, 0.15) is 17.1 Å². The summed E-state index contributed by atoms with van der Waals surface area (Å²) in [5, 5.41) is 0.483. The van der Waals surface area contributed by atoms with Crippen molar-refractivity contribution in [2.24, 2.45) is 0 Å². The minimum Gasteiger partial charge on any atom is -0.497 e. The van der Waals surface area contributed by atoms with Gasteiger partial charge in [-0.15, -0.1) is 0 Å². The summed E-state index contributed by atoms with van der Waals surface area (Å²) in [5.41, 5.74) is 1.01. The third kappa shape index (κ3) is 3.06. The van der Waals surface area contributed by atoms with E-state index in [9.17, 15) is 4.79 Å².